The predicted molar refractivity (Wildman–Crippen MR) is 118 cm³/mol. The number of fused-ring (bicyclic) bond motifs is 2. The number of nitrogens with one attached hydrogen (secondary N) is 2. The molecule has 1 fully saturated rings. The number of H-pyrrole nitrogens is 1. The van der Waals surface area contributed by atoms with Crippen molar-refractivity contribution in [3.63, 3.8) is 0 Å². The Morgan fingerprint density at radius 1 is 1.16 bits per heavy atom. The highest BCUT2D eigenvalue weighted by Gasteiger charge is 2.34. The second-order valence-electron chi connectivity index (χ2n) is 7.84. The van der Waals surface area contributed by atoms with E-state index in [0.29, 0.717) is 54.9 Å². The number of anilines is 1. The van der Waals surface area contributed by atoms with Gasteiger partial charge in [-0.3, -0.25) is 9.59 Å². The van der Waals surface area contributed by atoms with Crippen LogP contribution < -0.4 is 14.8 Å². The molecule has 2 N–H and O–H groups in total. The van der Waals surface area contributed by atoms with Crippen LogP contribution in [0.3, 0.4) is 0 Å². The van der Waals surface area contributed by atoms with E-state index >= 15 is 0 Å². The monoisotopic (exact) mass is 439 g/mol. The molecule has 8 heteroatoms. The molecule has 0 saturated carbocycles. The van der Waals surface area contributed by atoms with Gasteiger partial charge in [0.05, 0.1) is 5.92 Å². The Balaban J connectivity index is 1.20. The Kier molecular flexibility index (Phi) is 5.19. The molecule has 0 radical (unpaired) electrons. The van der Waals surface area contributed by atoms with Gasteiger partial charge in [-0.05, 0) is 42.3 Å². The SMILES string of the molecule is O=C(Nc1ccc2c(c1)OCCO2)[C@@H]1CC(=O)N(CCc2c[nH]c3ccc(Cl)cc23)C1. The number of amides is 2. The number of benzene rings is 2. The fourth-order valence-corrected chi connectivity index (χ4v) is 4.31. The average Bonchev–Trinajstić information content (AvgIpc) is 3.35. The van der Waals surface area contributed by atoms with Crippen molar-refractivity contribution in [1.82, 2.24) is 9.88 Å². The molecule has 7 nitrogen and oxygen atoms in total. The Bertz CT molecular complexity index is 1160. The Morgan fingerprint density at radius 2 is 2.00 bits per heavy atom. The first-order valence-electron chi connectivity index (χ1n) is 10.3. The van der Waals surface area contributed by atoms with Gasteiger partial charge >= 0.3 is 0 Å². The van der Waals surface area contributed by atoms with Crippen molar-refractivity contribution in [3.05, 3.63) is 53.2 Å². The number of carbonyl (C=O) groups is 2. The standard InChI is InChI=1S/C23H22ClN3O4/c24-16-1-3-19-18(10-16)14(12-25-19)5-6-27-13-15(9-22(27)28)23(29)26-17-2-4-20-21(11-17)31-8-7-30-20/h1-4,10-12,15,25H,5-9,13H2,(H,26,29)/t15-/m1/s1. The van der Waals surface area contributed by atoms with E-state index in [2.05, 4.69) is 10.3 Å². The number of hydrogen-bond donors (Lipinski definition) is 2. The van der Waals surface area contributed by atoms with E-state index in [4.69, 9.17) is 21.1 Å². The summed E-state index contributed by atoms with van der Waals surface area (Å²) in [6.07, 6.45) is 2.87. The summed E-state index contributed by atoms with van der Waals surface area (Å²) in [5, 5.41) is 4.65. The van der Waals surface area contributed by atoms with E-state index < -0.39 is 0 Å². The second-order valence-corrected chi connectivity index (χ2v) is 8.28. The molecular formula is C23H22ClN3O4. The molecule has 2 aliphatic rings. The smallest absolute Gasteiger partial charge is 0.229 e. The highest BCUT2D eigenvalue weighted by molar-refractivity contribution is 6.31. The van der Waals surface area contributed by atoms with Crippen molar-refractivity contribution < 1.29 is 19.1 Å². The third kappa shape index (κ3) is 4.05. The number of hydrogen-bond acceptors (Lipinski definition) is 4. The lowest BCUT2D eigenvalue weighted by atomic mass is 10.1. The lowest BCUT2D eigenvalue weighted by Gasteiger charge is -2.19. The first kappa shape index (κ1) is 19.8. The normalized spacial score (nSPS) is 17.9. The van der Waals surface area contributed by atoms with E-state index in [-0.39, 0.29) is 24.2 Å². The maximum Gasteiger partial charge on any atom is 0.229 e. The Morgan fingerprint density at radius 3 is 2.87 bits per heavy atom. The number of ether oxygens (including phenoxy) is 2. The van der Waals surface area contributed by atoms with Crippen LogP contribution in [0.1, 0.15) is 12.0 Å². The van der Waals surface area contributed by atoms with Crippen LogP contribution in [0.4, 0.5) is 5.69 Å². The van der Waals surface area contributed by atoms with E-state index in [1.165, 1.54) is 0 Å². The van der Waals surface area contributed by atoms with Gasteiger partial charge in [-0.25, -0.2) is 0 Å². The van der Waals surface area contributed by atoms with Crippen LogP contribution in [0.25, 0.3) is 10.9 Å². The molecule has 5 rings (SSSR count). The highest BCUT2D eigenvalue weighted by Crippen LogP contribution is 2.33. The first-order chi connectivity index (χ1) is 15.1. The van der Waals surface area contributed by atoms with Crippen LogP contribution in [0.15, 0.2) is 42.6 Å². The summed E-state index contributed by atoms with van der Waals surface area (Å²) in [4.78, 5) is 30.2. The van der Waals surface area contributed by atoms with Gasteiger partial charge in [0.1, 0.15) is 13.2 Å². The van der Waals surface area contributed by atoms with Gasteiger partial charge in [-0.2, -0.15) is 0 Å². The van der Waals surface area contributed by atoms with E-state index in [0.717, 1.165) is 16.5 Å². The molecule has 3 heterocycles. The number of halogens is 1. The minimum atomic E-state index is -0.377. The molecule has 1 aromatic heterocycles. The topological polar surface area (TPSA) is 83.7 Å². The largest absolute Gasteiger partial charge is 0.486 e. The second kappa shape index (κ2) is 8.15. The molecule has 2 aliphatic heterocycles. The number of nitrogens with zero attached hydrogens (tertiary/aromatic N) is 1. The zero-order chi connectivity index (χ0) is 21.4. The van der Waals surface area contributed by atoms with Gasteiger partial charge in [-0.1, -0.05) is 11.6 Å². The fraction of sp³-hybridized carbons (Fsp3) is 0.304. The van der Waals surface area contributed by atoms with Gasteiger partial charge in [0, 0.05) is 53.4 Å². The minimum absolute atomic E-state index is 0.000183. The van der Waals surface area contributed by atoms with E-state index in [9.17, 15) is 9.59 Å². The summed E-state index contributed by atoms with van der Waals surface area (Å²) < 4.78 is 11.1. The molecule has 2 amide bonds. The number of aromatic amines is 1. The molecule has 160 valence electrons. The first-order valence-corrected chi connectivity index (χ1v) is 10.7. The summed E-state index contributed by atoms with van der Waals surface area (Å²) in [7, 11) is 0. The lowest BCUT2D eigenvalue weighted by molar-refractivity contribution is -0.128. The van der Waals surface area contributed by atoms with E-state index in [1.54, 1.807) is 23.1 Å². The van der Waals surface area contributed by atoms with Crippen molar-refractivity contribution in [1.29, 1.82) is 0 Å². The molecule has 0 spiro atoms. The van der Waals surface area contributed by atoms with E-state index in [1.807, 2.05) is 24.4 Å². The van der Waals surface area contributed by atoms with Crippen LogP contribution in [0.2, 0.25) is 5.02 Å². The molecule has 0 bridgehead atoms. The zero-order valence-electron chi connectivity index (χ0n) is 16.8. The predicted octanol–water partition coefficient (Wildman–Crippen LogP) is 3.62. The van der Waals surface area contributed by atoms with Gasteiger partial charge in [0.15, 0.2) is 11.5 Å². The maximum absolute atomic E-state index is 12.7. The van der Waals surface area contributed by atoms with Gasteiger partial charge in [0.2, 0.25) is 11.8 Å². The van der Waals surface area contributed by atoms with Gasteiger partial charge in [-0.15, -0.1) is 0 Å². The molecule has 3 aromatic rings. The molecule has 1 saturated heterocycles. The maximum atomic E-state index is 12.7. The molecule has 0 aliphatic carbocycles. The molecule has 2 aromatic carbocycles. The molecule has 0 unspecified atom stereocenters. The Hall–Kier alpha value is -3.19. The number of rotatable bonds is 5. The summed E-state index contributed by atoms with van der Waals surface area (Å²) in [6.45, 7) is 1.98. The number of carbonyl (C=O) groups excluding carboxylic acids is 2. The number of aromatic nitrogens is 1. The van der Waals surface area contributed by atoms with Crippen LogP contribution in [0, 0.1) is 5.92 Å². The highest BCUT2D eigenvalue weighted by atomic mass is 35.5. The van der Waals surface area contributed by atoms with Crippen LogP contribution in [-0.2, 0) is 16.0 Å². The van der Waals surface area contributed by atoms with Crippen molar-refractivity contribution in [2.45, 2.75) is 12.8 Å². The molecule has 31 heavy (non-hydrogen) atoms. The third-order valence-corrected chi connectivity index (χ3v) is 6.01. The van der Waals surface area contributed by atoms with Gasteiger partial charge in [0.25, 0.3) is 0 Å². The summed E-state index contributed by atoms with van der Waals surface area (Å²) in [6, 6.07) is 11.0. The van der Waals surface area contributed by atoms with Crippen molar-refractivity contribution >= 4 is 40.0 Å². The quantitative estimate of drug-likeness (QED) is 0.636. The molecule has 1 atom stereocenters. The van der Waals surface area contributed by atoms with Crippen LogP contribution in [0.5, 0.6) is 11.5 Å². The van der Waals surface area contributed by atoms with Gasteiger partial charge < -0.3 is 24.7 Å². The summed E-state index contributed by atoms with van der Waals surface area (Å²) in [5.41, 5.74) is 2.76. The Labute approximate surface area is 184 Å². The third-order valence-electron chi connectivity index (χ3n) is 5.78. The average molecular weight is 440 g/mol. The molecular weight excluding hydrogens is 418 g/mol. The summed E-state index contributed by atoms with van der Waals surface area (Å²) >= 11 is 6.12. The van der Waals surface area contributed by atoms with Crippen LogP contribution in [-0.4, -0.2) is 48.0 Å². The number of likely N-dealkylation sites (tertiary alicyclic amines) is 1. The lowest BCUT2D eigenvalue weighted by Crippen LogP contribution is -2.30. The van der Waals surface area contributed by atoms with Crippen LogP contribution >= 0.6 is 11.6 Å². The minimum Gasteiger partial charge on any atom is -0.486 e. The van der Waals surface area contributed by atoms with Crippen molar-refractivity contribution in [2.24, 2.45) is 5.92 Å². The zero-order valence-corrected chi connectivity index (χ0v) is 17.6. The fourth-order valence-electron chi connectivity index (χ4n) is 4.14. The van der Waals surface area contributed by atoms with Crippen molar-refractivity contribution in [2.75, 3.05) is 31.6 Å². The summed E-state index contributed by atoms with van der Waals surface area (Å²) in [5.74, 6) is 0.752. The van der Waals surface area contributed by atoms with Crippen molar-refractivity contribution in [3.8, 4) is 11.5 Å².